The van der Waals surface area contributed by atoms with E-state index in [0.717, 1.165) is 40.4 Å². The number of aromatic amines is 1. The Kier molecular flexibility index (Phi) is 6.47. The van der Waals surface area contributed by atoms with Gasteiger partial charge < -0.3 is 5.73 Å². The Balaban J connectivity index is 1.89. The number of para-hydroxylation sites is 1. The molecule has 0 saturated carbocycles. The van der Waals surface area contributed by atoms with Gasteiger partial charge in [-0.25, -0.2) is 10.3 Å². The van der Waals surface area contributed by atoms with Crippen LogP contribution in [0.15, 0.2) is 54.7 Å². The topological polar surface area (TPSA) is 126 Å². The molecule has 0 spiro atoms. The highest BCUT2D eigenvalue weighted by atomic mass is 15.2. The number of aryl methyl sites for hydroxylation is 2. The van der Waals surface area contributed by atoms with Gasteiger partial charge in [-0.2, -0.15) is 20.5 Å². The molecule has 0 saturated heterocycles. The zero-order valence-electron chi connectivity index (χ0n) is 19.1. The Labute approximate surface area is 198 Å². The van der Waals surface area contributed by atoms with E-state index in [1.54, 1.807) is 18.3 Å². The van der Waals surface area contributed by atoms with Gasteiger partial charge in [0.05, 0.1) is 17.1 Å². The van der Waals surface area contributed by atoms with Crippen molar-refractivity contribution >= 4 is 34.6 Å². The number of hydrogen-bond acceptors (Lipinski definition) is 6. The summed E-state index contributed by atoms with van der Waals surface area (Å²) in [5, 5.41) is 21.9. The third-order valence-corrected chi connectivity index (χ3v) is 5.65. The van der Waals surface area contributed by atoms with E-state index in [-0.39, 0.29) is 0 Å². The number of nitrogens with one attached hydrogen (secondary N) is 2. The number of fused-ring (bicyclic) bond motifs is 1. The van der Waals surface area contributed by atoms with E-state index in [4.69, 9.17) is 21.2 Å². The number of nitrogen functional groups attached to an aromatic ring is 1. The first-order chi connectivity index (χ1) is 16.6. The average molecular weight is 447 g/mol. The predicted molar refractivity (Wildman–Crippen MR) is 134 cm³/mol. The van der Waals surface area contributed by atoms with Gasteiger partial charge >= 0.3 is 5.95 Å². The summed E-state index contributed by atoms with van der Waals surface area (Å²) in [5.74, 6) is 1.39. The van der Waals surface area contributed by atoms with Gasteiger partial charge in [0.25, 0.3) is 5.82 Å². The van der Waals surface area contributed by atoms with Crippen LogP contribution in [-0.4, -0.2) is 9.97 Å². The van der Waals surface area contributed by atoms with Crippen molar-refractivity contribution in [1.82, 2.24) is 9.97 Å². The molecule has 0 amide bonds. The van der Waals surface area contributed by atoms with Crippen molar-refractivity contribution in [2.75, 3.05) is 11.1 Å². The van der Waals surface area contributed by atoms with E-state index in [9.17, 15) is 0 Å². The molecule has 166 valence electrons. The Morgan fingerprint density at radius 3 is 2.44 bits per heavy atom. The minimum atomic E-state index is 0.364. The van der Waals surface area contributed by atoms with E-state index in [0.29, 0.717) is 23.1 Å². The van der Waals surface area contributed by atoms with Crippen LogP contribution in [0.1, 0.15) is 36.1 Å². The van der Waals surface area contributed by atoms with Crippen LogP contribution < -0.4 is 16.0 Å². The molecule has 0 bridgehead atoms. The summed E-state index contributed by atoms with van der Waals surface area (Å²) >= 11 is 0. The summed E-state index contributed by atoms with van der Waals surface area (Å²) in [6.45, 7) is 4.25. The fourth-order valence-electron chi connectivity index (χ4n) is 4.05. The number of nitrogens with two attached hydrogens (primary N) is 1. The van der Waals surface area contributed by atoms with Crippen molar-refractivity contribution in [2.45, 2.75) is 26.7 Å². The van der Waals surface area contributed by atoms with Crippen LogP contribution in [0, 0.1) is 22.7 Å². The van der Waals surface area contributed by atoms with Crippen LogP contribution in [0.5, 0.6) is 0 Å². The van der Waals surface area contributed by atoms with Gasteiger partial charge in [-0.15, -0.1) is 0 Å². The number of allylic oxidation sites excluding steroid dienone is 1. The summed E-state index contributed by atoms with van der Waals surface area (Å²) < 4.78 is 0. The summed E-state index contributed by atoms with van der Waals surface area (Å²) in [6, 6.07) is 17.8. The van der Waals surface area contributed by atoms with Crippen molar-refractivity contribution in [1.29, 1.82) is 10.5 Å². The summed E-state index contributed by atoms with van der Waals surface area (Å²) in [7, 11) is 0. The van der Waals surface area contributed by atoms with Crippen molar-refractivity contribution in [3.05, 3.63) is 77.0 Å². The number of anilines is 3. The highest BCUT2D eigenvalue weighted by molar-refractivity contribution is 6.00. The quantitative estimate of drug-likeness (QED) is 0.403. The zero-order valence-corrected chi connectivity index (χ0v) is 19.1. The van der Waals surface area contributed by atoms with Crippen molar-refractivity contribution in [3.63, 3.8) is 0 Å². The monoisotopic (exact) mass is 446 g/mol. The van der Waals surface area contributed by atoms with Gasteiger partial charge in [0.1, 0.15) is 18.1 Å². The first-order valence-corrected chi connectivity index (χ1v) is 11.0. The zero-order chi connectivity index (χ0) is 24.1. The van der Waals surface area contributed by atoms with Crippen molar-refractivity contribution in [3.8, 4) is 23.3 Å². The third-order valence-electron chi connectivity index (χ3n) is 5.65. The van der Waals surface area contributed by atoms with Crippen LogP contribution in [0.4, 0.5) is 17.6 Å². The molecule has 2 aromatic heterocycles. The highest BCUT2D eigenvalue weighted by Crippen LogP contribution is 2.36. The lowest BCUT2D eigenvalue weighted by Gasteiger charge is -2.17. The number of aromatic nitrogens is 3. The molecule has 34 heavy (non-hydrogen) atoms. The van der Waals surface area contributed by atoms with Crippen LogP contribution in [0.3, 0.4) is 0 Å². The second-order valence-electron chi connectivity index (χ2n) is 7.75. The Morgan fingerprint density at radius 2 is 1.82 bits per heavy atom. The normalized spacial score (nSPS) is 10.8. The minimum Gasteiger partial charge on any atom is -0.383 e. The smallest absolute Gasteiger partial charge is 0.321 e. The molecule has 2 heterocycles. The first kappa shape index (κ1) is 22.4. The van der Waals surface area contributed by atoms with Crippen molar-refractivity contribution in [2.24, 2.45) is 0 Å². The van der Waals surface area contributed by atoms with Gasteiger partial charge in [-0.3, -0.25) is 0 Å². The molecule has 0 unspecified atom stereocenters. The molecule has 0 aliphatic carbocycles. The van der Waals surface area contributed by atoms with E-state index >= 15 is 0 Å². The largest absolute Gasteiger partial charge is 0.383 e. The molecule has 4 rings (SSSR count). The van der Waals surface area contributed by atoms with Crippen molar-refractivity contribution < 1.29 is 4.98 Å². The number of rotatable bonds is 6. The van der Waals surface area contributed by atoms with Crippen LogP contribution in [0.25, 0.3) is 28.1 Å². The van der Waals surface area contributed by atoms with E-state index < -0.39 is 0 Å². The molecule has 0 aliphatic rings. The molecule has 4 aromatic rings. The lowest BCUT2D eigenvalue weighted by molar-refractivity contribution is -0.360. The minimum absolute atomic E-state index is 0.364. The maximum Gasteiger partial charge on any atom is 0.321 e. The summed E-state index contributed by atoms with van der Waals surface area (Å²) in [6.07, 6.45) is 6.61. The SMILES string of the molecule is CCc1cc(/C=C/C#N)cc(CC)c1-c1cccc2c(N)nc(Nc3ccc(C#N)c[nH+]3)nc12. The van der Waals surface area contributed by atoms with Gasteiger partial charge in [0.2, 0.25) is 0 Å². The van der Waals surface area contributed by atoms with Crippen LogP contribution in [-0.2, 0) is 12.8 Å². The Morgan fingerprint density at radius 1 is 1.06 bits per heavy atom. The molecule has 0 radical (unpaired) electrons. The molecule has 7 nitrogen and oxygen atoms in total. The molecule has 7 heteroatoms. The number of pyridine rings is 1. The molecule has 2 aromatic carbocycles. The van der Waals surface area contributed by atoms with Gasteiger partial charge in [-0.05, 0) is 53.3 Å². The third kappa shape index (κ3) is 4.41. The molecule has 0 atom stereocenters. The standard InChI is InChI=1S/C27H23N7/c1-3-19-13-17(7-6-12-28)14-20(4-2)24(19)21-8-5-9-22-25(21)33-27(34-26(22)30)32-23-11-10-18(15-29)16-31-23/h5-11,13-14,16H,3-4H2,1-2H3,(H3,30,31,32,33,34)/p+1/b7-6+. The maximum absolute atomic E-state index is 9.01. The summed E-state index contributed by atoms with van der Waals surface area (Å²) in [5.41, 5.74) is 13.1. The number of H-pyrrole nitrogens is 1. The average Bonchev–Trinajstić information content (AvgIpc) is 2.87. The number of nitrogens with zero attached hydrogens (tertiary/aromatic N) is 4. The Hall–Kier alpha value is -4.75. The predicted octanol–water partition coefficient (Wildman–Crippen LogP) is 4.97. The van der Waals surface area contributed by atoms with Gasteiger partial charge in [-0.1, -0.05) is 38.1 Å². The van der Waals surface area contributed by atoms with Gasteiger partial charge in [0, 0.05) is 23.1 Å². The fourth-order valence-corrected chi connectivity index (χ4v) is 4.05. The second-order valence-corrected chi connectivity index (χ2v) is 7.75. The maximum atomic E-state index is 9.01. The lowest BCUT2D eigenvalue weighted by atomic mass is 9.88. The fraction of sp³-hybridized carbons (Fsp3) is 0.148. The van der Waals surface area contributed by atoms with Crippen LogP contribution >= 0.6 is 0 Å². The molecule has 4 N–H and O–H groups in total. The van der Waals surface area contributed by atoms with Gasteiger partial charge in [0.15, 0.2) is 0 Å². The molecule has 0 aliphatic heterocycles. The number of nitriles is 2. The van der Waals surface area contributed by atoms with E-state index in [1.807, 2.05) is 18.2 Å². The molecular weight excluding hydrogens is 422 g/mol. The van der Waals surface area contributed by atoms with Crippen LogP contribution in [0.2, 0.25) is 0 Å². The number of hydrogen-bond donors (Lipinski definition) is 2. The molecule has 0 fully saturated rings. The number of benzene rings is 2. The Bertz CT molecular complexity index is 1450. The molecular formula is C27H24N7+. The lowest BCUT2D eigenvalue weighted by Crippen LogP contribution is -2.12. The van der Waals surface area contributed by atoms with E-state index in [2.05, 4.69) is 59.5 Å². The highest BCUT2D eigenvalue weighted by Gasteiger charge is 2.18. The summed E-state index contributed by atoms with van der Waals surface area (Å²) in [4.78, 5) is 12.3. The van der Waals surface area contributed by atoms with E-state index in [1.165, 1.54) is 17.2 Å². The first-order valence-electron chi connectivity index (χ1n) is 11.0. The second kappa shape index (κ2) is 9.81.